The van der Waals surface area contributed by atoms with Crippen LogP contribution in [0.2, 0.25) is 0 Å². The molecule has 0 saturated carbocycles. The van der Waals surface area contributed by atoms with Crippen molar-refractivity contribution in [3.8, 4) is 0 Å². The molecule has 0 radical (unpaired) electrons. The molecule has 1 saturated heterocycles. The van der Waals surface area contributed by atoms with Crippen molar-refractivity contribution < 1.29 is 14.6 Å². The highest BCUT2D eigenvalue weighted by Gasteiger charge is 2.29. The topological polar surface area (TPSA) is 82.6 Å². The van der Waals surface area contributed by atoms with Crippen LogP contribution in [0, 0.1) is 0 Å². The summed E-state index contributed by atoms with van der Waals surface area (Å²) in [6.45, 7) is 6.09. The molecule has 0 spiro atoms. The summed E-state index contributed by atoms with van der Waals surface area (Å²) >= 11 is 0. The van der Waals surface area contributed by atoms with Gasteiger partial charge in [0.25, 0.3) is 0 Å². The molecule has 1 aliphatic heterocycles. The third-order valence-corrected chi connectivity index (χ3v) is 3.64. The third kappa shape index (κ3) is 3.75. The summed E-state index contributed by atoms with van der Waals surface area (Å²) in [5, 5.41) is 27.4. The Morgan fingerprint density at radius 1 is 1.32 bits per heavy atom. The second kappa shape index (κ2) is 5.98. The number of likely N-dealkylation sites (tertiary alicyclic amines) is 1. The molecule has 1 aliphatic rings. The Morgan fingerprint density at radius 3 is 2.74 bits per heavy atom. The first-order chi connectivity index (χ1) is 9.02. The van der Waals surface area contributed by atoms with Crippen molar-refractivity contribution in [2.24, 2.45) is 0 Å². The highest BCUT2D eigenvalue weighted by Crippen LogP contribution is 2.22. The molecule has 0 aromatic carbocycles. The van der Waals surface area contributed by atoms with Crippen molar-refractivity contribution >= 4 is 0 Å². The standard InChI is InChI=1S/C13H23N3O3/c1-10(2)12-15-14-11(19-12)8-16-6-3-4-13(18,9-17)5-7-16/h10,17-18H,3-9H2,1-2H3. The number of rotatable bonds is 4. The minimum absolute atomic E-state index is 0.168. The second-order valence-electron chi connectivity index (χ2n) is 5.70. The molecule has 0 bridgehead atoms. The summed E-state index contributed by atoms with van der Waals surface area (Å²) in [4.78, 5) is 2.19. The van der Waals surface area contributed by atoms with Gasteiger partial charge >= 0.3 is 0 Å². The number of aliphatic hydroxyl groups is 2. The number of aliphatic hydroxyl groups excluding tert-OH is 1. The Bertz CT molecular complexity index is 408. The number of hydrogen-bond donors (Lipinski definition) is 2. The van der Waals surface area contributed by atoms with Crippen molar-refractivity contribution in [3.63, 3.8) is 0 Å². The Morgan fingerprint density at radius 2 is 2.11 bits per heavy atom. The normalized spacial score (nSPS) is 25.7. The average Bonchev–Trinajstić information content (AvgIpc) is 2.76. The summed E-state index contributed by atoms with van der Waals surface area (Å²) in [5.41, 5.74) is -0.924. The van der Waals surface area contributed by atoms with Crippen LogP contribution in [0.1, 0.15) is 50.8 Å². The zero-order valence-electron chi connectivity index (χ0n) is 11.7. The molecule has 6 nitrogen and oxygen atoms in total. The van der Waals surface area contributed by atoms with E-state index in [-0.39, 0.29) is 12.5 Å². The number of aromatic nitrogens is 2. The van der Waals surface area contributed by atoms with E-state index in [1.54, 1.807) is 0 Å². The SMILES string of the molecule is CC(C)c1nnc(CN2CCCC(O)(CO)CC2)o1. The third-order valence-electron chi connectivity index (χ3n) is 3.64. The zero-order valence-corrected chi connectivity index (χ0v) is 11.7. The predicted molar refractivity (Wildman–Crippen MR) is 69.6 cm³/mol. The molecule has 6 heteroatoms. The van der Waals surface area contributed by atoms with Gasteiger partial charge in [0, 0.05) is 12.5 Å². The minimum atomic E-state index is -0.924. The van der Waals surface area contributed by atoms with E-state index >= 15 is 0 Å². The summed E-state index contributed by atoms with van der Waals surface area (Å²) in [5.74, 6) is 1.53. The van der Waals surface area contributed by atoms with Gasteiger partial charge in [-0.25, -0.2) is 0 Å². The second-order valence-corrected chi connectivity index (χ2v) is 5.70. The summed E-state index contributed by atoms with van der Waals surface area (Å²) in [6, 6.07) is 0. The lowest BCUT2D eigenvalue weighted by atomic mass is 9.96. The Kier molecular flexibility index (Phi) is 4.54. The smallest absolute Gasteiger partial charge is 0.230 e. The van der Waals surface area contributed by atoms with Crippen LogP contribution in [0.5, 0.6) is 0 Å². The molecule has 1 fully saturated rings. The van der Waals surface area contributed by atoms with Gasteiger partial charge < -0.3 is 14.6 Å². The van der Waals surface area contributed by atoms with E-state index in [0.29, 0.717) is 31.2 Å². The lowest BCUT2D eigenvalue weighted by molar-refractivity contribution is -0.0256. The van der Waals surface area contributed by atoms with Crippen LogP contribution >= 0.6 is 0 Å². The van der Waals surface area contributed by atoms with Crippen LogP contribution in [0.25, 0.3) is 0 Å². The van der Waals surface area contributed by atoms with Crippen LogP contribution in [0.4, 0.5) is 0 Å². The fourth-order valence-electron chi connectivity index (χ4n) is 2.31. The monoisotopic (exact) mass is 269 g/mol. The molecule has 1 unspecified atom stereocenters. The van der Waals surface area contributed by atoms with Crippen molar-refractivity contribution in [2.75, 3.05) is 19.7 Å². The minimum Gasteiger partial charge on any atom is -0.424 e. The zero-order chi connectivity index (χ0) is 13.9. The van der Waals surface area contributed by atoms with Gasteiger partial charge in [0.05, 0.1) is 18.8 Å². The fourth-order valence-corrected chi connectivity index (χ4v) is 2.31. The van der Waals surface area contributed by atoms with Gasteiger partial charge in [-0.05, 0) is 25.8 Å². The molecule has 2 N–H and O–H groups in total. The van der Waals surface area contributed by atoms with Crippen LogP contribution in [-0.4, -0.2) is 50.6 Å². The van der Waals surface area contributed by atoms with Crippen LogP contribution in [0.15, 0.2) is 4.42 Å². The first-order valence-electron chi connectivity index (χ1n) is 6.90. The molecule has 2 rings (SSSR count). The van der Waals surface area contributed by atoms with E-state index in [1.165, 1.54) is 0 Å². The molecule has 1 aromatic rings. The number of hydrogen-bond acceptors (Lipinski definition) is 6. The van der Waals surface area contributed by atoms with Gasteiger partial charge in [-0.2, -0.15) is 0 Å². The predicted octanol–water partition coefficient (Wildman–Crippen LogP) is 0.902. The van der Waals surface area contributed by atoms with E-state index in [4.69, 9.17) is 4.42 Å². The van der Waals surface area contributed by atoms with Gasteiger partial charge in [-0.1, -0.05) is 13.8 Å². The lowest BCUT2D eigenvalue weighted by Crippen LogP contribution is -2.34. The molecular weight excluding hydrogens is 246 g/mol. The Hall–Kier alpha value is -0.980. The van der Waals surface area contributed by atoms with Crippen LogP contribution in [0.3, 0.4) is 0 Å². The van der Waals surface area contributed by atoms with E-state index < -0.39 is 5.60 Å². The maximum atomic E-state index is 10.1. The summed E-state index contributed by atoms with van der Waals surface area (Å²) < 4.78 is 5.59. The molecule has 0 aliphatic carbocycles. The maximum Gasteiger partial charge on any atom is 0.230 e. The van der Waals surface area contributed by atoms with Gasteiger partial charge in [-0.15, -0.1) is 10.2 Å². The summed E-state index contributed by atoms with van der Waals surface area (Å²) in [7, 11) is 0. The molecule has 0 amide bonds. The van der Waals surface area contributed by atoms with Gasteiger partial charge in [0.15, 0.2) is 0 Å². The molecule has 1 aromatic heterocycles. The van der Waals surface area contributed by atoms with E-state index in [9.17, 15) is 10.2 Å². The van der Waals surface area contributed by atoms with E-state index in [1.807, 2.05) is 13.8 Å². The molecule has 1 atom stereocenters. The first kappa shape index (κ1) is 14.4. The quantitative estimate of drug-likeness (QED) is 0.845. The fraction of sp³-hybridized carbons (Fsp3) is 0.846. The summed E-state index contributed by atoms with van der Waals surface area (Å²) in [6.07, 6.45) is 2.08. The average molecular weight is 269 g/mol. The molecular formula is C13H23N3O3. The van der Waals surface area contributed by atoms with Gasteiger partial charge in [0.1, 0.15) is 0 Å². The molecule has 2 heterocycles. The van der Waals surface area contributed by atoms with Crippen LogP contribution < -0.4 is 0 Å². The lowest BCUT2D eigenvalue weighted by Gasteiger charge is -2.23. The van der Waals surface area contributed by atoms with Gasteiger partial charge in [0.2, 0.25) is 11.8 Å². The maximum absolute atomic E-state index is 10.1. The first-order valence-corrected chi connectivity index (χ1v) is 6.90. The largest absolute Gasteiger partial charge is 0.424 e. The van der Waals surface area contributed by atoms with E-state index in [0.717, 1.165) is 19.5 Å². The van der Waals surface area contributed by atoms with E-state index in [2.05, 4.69) is 15.1 Å². The van der Waals surface area contributed by atoms with Crippen molar-refractivity contribution in [1.82, 2.24) is 15.1 Å². The highest BCUT2D eigenvalue weighted by molar-refractivity contribution is 4.89. The van der Waals surface area contributed by atoms with Crippen molar-refractivity contribution in [3.05, 3.63) is 11.8 Å². The Balaban J connectivity index is 1.92. The Labute approximate surface area is 113 Å². The molecule has 19 heavy (non-hydrogen) atoms. The molecule has 108 valence electrons. The van der Waals surface area contributed by atoms with Crippen LogP contribution in [-0.2, 0) is 6.54 Å². The highest BCUT2D eigenvalue weighted by atomic mass is 16.4. The van der Waals surface area contributed by atoms with Gasteiger partial charge in [-0.3, -0.25) is 4.90 Å². The van der Waals surface area contributed by atoms with Crippen molar-refractivity contribution in [2.45, 2.75) is 51.2 Å². The number of nitrogens with zero attached hydrogens (tertiary/aromatic N) is 3. The van der Waals surface area contributed by atoms with Crippen molar-refractivity contribution in [1.29, 1.82) is 0 Å².